The minimum absolute atomic E-state index is 0.330. The molecule has 0 N–H and O–H groups in total. The van der Waals surface area contributed by atoms with Crippen LogP contribution < -0.4 is 0 Å². The molecule has 0 fully saturated rings. The lowest BCUT2D eigenvalue weighted by Crippen LogP contribution is -2.02. The summed E-state index contributed by atoms with van der Waals surface area (Å²) in [6.45, 7) is 1.82. The van der Waals surface area contributed by atoms with E-state index in [2.05, 4.69) is 41.6 Å². The van der Waals surface area contributed by atoms with Gasteiger partial charge in [0.05, 0.1) is 11.6 Å². The summed E-state index contributed by atoms with van der Waals surface area (Å²) in [5.41, 5.74) is 0.330. The van der Waals surface area contributed by atoms with E-state index in [9.17, 15) is 4.79 Å². The highest BCUT2D eigenvalue weighted by atomic mass is 79.9. The van der Waals surface area contributed by atoms with E-state index in [0.29, 0.717) is 21.1 Å². The number of aryl methyl sites for hydroxylation is 1. The van der Waals surface area contributed by atoms with Crippen LogP contribution in [0.5, 0.6) is 0 Å². The lowest BCUT2D eigenvalue weighted by molar-refractivity contribution is 0.0594. The number of methoxy groups -OCH3 is 1. The topological polar surface area (TPSA) is 52.3 Å². The Morgan fingerprint density at radius 1 is 1.53 bits per heavy atom. The van der Waals surface area contributed by atoms with Crippen LogP contribution in [-0.2, 0) is 4.74 Å². The molecular formula is C10H7Br2NO3S. The predicted octanol–water partition coefficient (Wildman–Crippen LogP) is 4.02. The number of carbonyl (C=O) groups excluding carboxylic acids is 1. The van der Waals surface area contributed by atoms with E-state index in [1.807, 2.05) is 6.92 Å². The van der Waals surface area contributed by atoms with Crippen molar-refractivity contribution < 1.29 is 13.9 Å². The fourth-order valence-corrected chi connectivity index (χ4v) is 2.67. The Morgan fingerprint density at radius 3 is 2.76 bits per heavy atom. The van der Waals surface area contributed by atoms with Crippen molar-refractivity contribution in [2.24, 2.45) is 0 Å². The molecule has 0 bridgehead atoms. The second-order valence-corrected chi connectivity index (χ2v) is 5.93. The molecule has 0 saturated carbocycles. The molecule has 2 aromatic rings. The molecule has 0 saturated heterocycles. The molecule has 0 amide bonds. The van der Waals surface area contributed by atoms with E-state index in [-0.39, 0.29) is 0 Å². The molecule has 90 valence electrons. The number of hydrogen-bond acceptors (Lipinski definition) is 5. The number of halogens is 2. The van der Waals surface area contributed by atoms with E-state index in [1.165, 1.54) is 18.4 Å². The van der Waals surface area contributed by atoms with Gasteiger partial charge >= 0.3 is 5.97 Å². The molecule has 0 unspecified atom stereocenters. The first kappa shape index (κ1) is 12.8. The Labute approximate surface area is 118 Å². The van der Waals surface area contributed by atoms with Gasteiger partial charge in [-0.25, -0.2) is 9.78 Å². The Bertz CT molecular complexity index is 557. The van der Waals surface area contributed by atoms with Gasteiger partial charge in [0.25, 0.3) is 0 Å². The Balaban J connectivity index is 2.44. The fourth-order valence-electron chi connectivity index (χ4n) is 1.24. The quantitative estimate of drug-likeness (QED) is 0.738. The maximum absolute atomic E-state index is 11.4. The molecule has 0 aromatic carbocycles. The molecular weight excluding hydrogens is 374 g/mol. The minimum Gasteiger partial charge on any atom is -0.464 e. The molecule has 7 heteroatoms. The van der Waals surface area contributed by atoms with Gasteiger partial charge in [0.2, 0.25) is 0 Å². The molecule has 2 rings (SSSR count). The number of rotatable bonds is 2. The van der Waals surface area contributed by atoms with Crippen LogP contribution in [0.15, 0.2) is 19.6 Å². The number of esters is 1. The molecule has 0 atom stereocenters. The maximum Gasteiger partial charge on any atom is 0.357 e. The normalized spacial score (nSPS) is 10.6. The summed E-state index contributed by atoms with van der Waals surface area (Å²) in [6.07, 6.45) is 0. The molecule has 2 aromatic heterocycles. The molecule has 0 radical (unpaired) electrons. The van der Waals surface area contributed by atoms with E-state index in [0.717, 1.165) is 9.35 Å². The van der Waals surface area contributed by atoms with Gasteiger partial charge in [0.1, 0.15) is 0 Å². The van der Waals surface area contributed by atoms with Gasteiger partial charge in [-0.3, -0.25) is 0 Å². The second-order valence-electron chi connectivity index (χ2n) is 3.15. The first-order chi connectivity index (χ1) is 8.02. The van der Waals surface area contributed by atoms with Crippen LogP contribution in [0.4, 0.5) is 0 Å². The van der Waals surface area contributed by atoms with Crippen LogP contribution in [0, 0.1) is 6.92 Å². The van der Waals surface area contributed by atoms with Crippen molar-refractivity contribution in [2.75, 3.05) is 7.11 Å². The summed E-state index contributed by atoms with van der Waals surface area (Å²) in [7, 11) is 1.33. The molecule has 2 heterocycles. The van der Waals surface area contributed by atoms with Crippen LogP contribution in [0.3, 0.4) is 0 Å². The summed E-state index contributed by atoms with van der Waals surface area (Å²) in [5, 5.41) is 0.648. The molecule has 4 nitrogen and oxygen atoms in total. The van der Waals surface area contributed by atoms with Crippen LogP contribution in [0.2, 0.25) is 0 Å². The summed E-state index contributed by atoms with van der Waals surface area (Å²) in [6, 6.07) is 1.80. The van der Waals surface area contributed by atoms with Crippen LogP contribution in [0.1, 0.15) is 15.4 Å². The average Bonchev–Trinajstić information content (AvgIpc) is 2.82. The zero-order valence-electron chi connectivity index (χ0n) is 8.91. The number of ether oxygens (including phenoxy) is 1. The van der Waals surface area contributed by atoms with Crippen molar-refractivity contribution in [1.29, 1.82) is 0 Å². The lowest BCUT2D eigenvalue weighted by atomic mass is 10.4. The number of thiazole rings is 1. The molecule has 0 spiro atoms. The van der Waals surface area contributed by atoms with Crippen molar-refractivity contribution in [2.45, 2.75) is 6.92 Å². The van der Waals surface area contributed by atoms with Crippen LogP contribution in [0.25, 0.3) is 10.8 Å². The van der Waals surface area contributed by atoms with Gasteiger partial charge in [0.15, 0.2) is 21.1 Å². The van der Waals surface area contributed by atoms with E-state index < -0.39 is 5.97 Å². The molecule has 0 aliphatic heterocycles. The van der Waals surface area contributed by atoms with Gasteiger partial charge in [0, 0.05) is 10.9 Å². The number of furan rings is 1. The Kier molecular flexibility index (Phi) is 3.70. The first-order valence-corrected chi connectivity index (χ1v) is 6.94. The maximum atomic E-state index is 11.4. The largest absolute Gasteiger partial charge is 0.464 e. The van der Waals surface area contributed by atoms with Gasteiger partial charge < -0.3 is 9.15 Å². The molecule has 0 aliphatic carbocycles. The van der Waals surface area contributed by atoms with Crippen molar-refractivity contribution in [1.82, 2.24) is 4.98 Å². The SMILES string of the molecule is COC(=O)c1nc(-c2cc(Br)c(Br)o2)sc1C. The van der Waals surface area contributed by atoms with Crippen molar-refractivity contribution >= 4 is 49.2 Å². The van der Waals surface area contributed by atoms with E-state index in [1.54, 1.807) is 6.07 Å². The summed E-state index contributed by atoms with van der Waals surface area (Å²) in [4.78, 5) is 16.4. The highest BCUT2D eigenvalue weighted by molar-refractivity contribution is 9.13. The summed E-state index contributed by atoms with van der Waals surface area (Å²) < 4.78 is 11.5. The monoisotopic (exact) mass is 379 g/mol. The first-order valence-electron chi connectivity index (χ1n) is 4.54. The minimum atomic E-state index is -0.435. The number of hydrogen-bond donors (Lipinski definition) is 0. The van der Waals surface area contributed by atoms with Gasteiger partial charge in [-0.2, -0.15) is 0 Å². The van der Waals surface area contributed by atoms with Crippen molar-refractivity contribution in [3.05, 3.63) is 25.8 Å². The number of aromatic nitrogens is 1. The third-order valence-electron chi connectivity index (χ3n) is 2.03. The molecule has 0 aliphatic rings. The lowest BCUT2D eigenvalue weighted by Gasteiger charge is -1.93. The number of carbonyl (C=O) groups is 1. The summed E-state index contributed by atoms with van der Waals surface area (Å²) in [5.74, 6) is 0.168. The van der Waals surface area contributed by atoms with Gasteiger partial charge in [-0.15, -0.1) is 11.3 Å². The Hall–Kier alpha value is -0.660. The van der Waals surface area contributed by atoms with Crippen LogP contribution >= 0.6 is 43.2 Å². The predicted molar refractivity (Wildman–Crippen MR) is 71.3 cm³/mol. The van der Waals surface area contributed by atoms with Crippen LogP contribution in [-0.4, -0.2) is 18.1 Å². The molecule has 17 heavy (non-hydrogen) atoms. The van der Waals surface area contributed by atoms with Gasteiger partial charge in [-0.05, 0) is 38.8 Å². The average molecular weight is 381 g/mol. The van der Waals surface area contributed by atoms with Crippen molar-refractivity contribution in [3.63, 3.8) is 0 Å². The fraction of sp³-hybridized carbons (Fsp3) is 0.200. The third-order valence-corrected chi connectivity index (χ3v) is 4.73. The zero-order chi connectivity index (χ0) is 12.6. The van der Waals surface area contributed by atoms with E-state index >= 15 is 0 Å². The summed E-state index contributed by atoms with van der Waals surface area (Å²) >= 11 is 7.96. The highest BCUT2D eigenvalue weighted by Crippen LogP contribution is 2.35. The second kappa shape index (κ2) is 4.91. The highest BCUT2D eigenvalue weighted by Gasteiger charge is 2.19. The smallest absolute Gasteiger partial charge is 0.357 e. The standard InChI is InChI=1S/C10H7Br2NO3S/c1-4-7(10(14)15-2)13-9(17-4)6-3-5(11)8(12)16-6/h3H,1-2H3. The number of nitrogens with zero attached hydrogens (tertiary/aromatic N) is 1. The third kappa shape index (κ3) is 2.46. The Morgan fingerprint density at radius 2 is 2.24 bits per heavy atom. The van der Waals surface area contributed by atoms with Crippen molar-refractivity contribution in [3.8, 4) is 10.8 Å². The zero-order valence-corrected chi connectivity index (χ0v) is 12.9. The van der Waals surface area contributed by atoms with Gasteiger partial charge in [-0.1, -0.05) is 0 Å². The van der Waals surface area contributed by atoms with E-state index in [4.69, 9.17) is 4.42 Å².